The topological polar surface area (TPSA) is 133 Å². The quantitative estimate of drug-likeness (QED) is 0.609. The highest BCUT2D eigenvalue weighted by atomic mass is 32.2. The van der Waals surface area contributed by atoms with E-state index in [9.17, 15) is 22.7 Å². The van der Waals surface area contributed by atoms with Crippen LogP contribution in [-0.2, 0) is 17.1 Å². The Morgan fingerprint density at radius 3 is 2.81 bits per heavy atom. The standard InChI is InChI=1S/C20H21FN4O5S/c1-11(2)20(3,27)16-10-30-18-15(31(28,29)24-16)9-25(4)17(18)19(26)23-13-5-6-14(21)12(7-13)8-22/h5-7,9,16,24,27H,1,10H2,2-4H3,(H,23,26)/t16-,20?/m1/s1. The van der Waals surface area contributed by atoms with Gasteiger partial charge in [0.15, 0.2) is 11.4 Å². The fraction of sp³-hybridized carbons (Fsp3) is 0.300. The molecule has 1 aromatic heterocycles. The number of nitrogens with zero attached hydrogens (tertiary/aromatic N) is 2. The summed E-state index contributed by atoms with van der Waals surface area (Å²) in [5.74, 6) is -1.64. The van der Waals surface area contributed by atoms with Crippen LogP contribution in [0.3, 0.4) is 0 Å². The maximum atomic E-state index is 13.5. The number of benzene rings is 1. The Hall–Kier alpha value is -3.20. The molecule has 1 unspecified atom stereocenters. The van der Waals surface area contributed by atoms with Crippen LogP contribution in [0.4, 0.5) is 10.1 Å². The monoisotopic (exact) mass is 448 g/mol. The smallest absolute Gasteiger partial charge is 0.276 e. The fourth-order valence-corrected chi connectivity index (χ4v) is 4.57. The van der Waals surface area contributed by atoms with E-state index >= 15 is 0 Å². The summed E-state index contributed by atoms with van der Waals surface area (Å²) in [5, 5.41) is 22.1. The number of hydrogen-bond donors (Lipinski definition) is 3. The van der Waals surface area contributed by atoms with Crippen molar-refractivity contribution in [3.05, 3.63) is 53.6 Å². The van der Waals surface area contributed by atoms with Gasteiger partial charge in [-0.25, -0.2) is 17.5 Å². The van der Waals surface area contributed by atoms with Gasteiger partial charge in [0.25, 0.3) is 5.91 Å². The summed E-state index contributed by atoms with van der Waals surface area (Å²) < 4.78 is 48.7. The maximum Gasteiger partial charge on any atom is 0.276 e. The predicted octanol–water partition coefficient (Wildman–Crippen LogP) is 1.65. The molecule has 0 radical (unpaired) electrons. The first-order valence-corrected chi connectivity index (χ1v) is 10.6. The lowest BCUT2D eigenvalue weighted by Gasteiger charge is -2.32. The van der Waals surface area contributed by atoms with E-state index in [0.717, 1.165) is 12.1 Å². The minimum Gasteiger partial charge on any atom is -0.488 e. The molecule has 1 amide bonds. The van der Waals surface area contributed by atoms with Gasteiger partial charge < -0.3 is 19.7 Å². The van der Waals surface area contributed by atoms with Crippen molar-refractivity contribution in [3.8, 4) is 11.8 Å². The Morgan fingerprint density at radius 2 is 2.19 bits per heavy atom. The third-order valence-corrected chi connectivity index (χ3v) is 6.65. The van der Waals surface area contributed by atoms with Gasteiger partial charge in [-0.3, -0.25) is 4.79 Å². The minimum atomic E-state index is -4.14. The summed E-state index contributed by atoms with van der Waals surface area (Å²) in [7, 11) is -2.67. The Kier molecular flexibility index (Phi) is 5.66. The lowest BCUT2D eigenvalue weighted by molar-refractivity contribution is 0.0450. The molecule has 9 nitrogen and oxygen atoms in total. The molecule has 1 aliphatic rings. The molecule has 1 aromatic carbocycles. The van der Waals surface area contributed by atoms with E-state index in [-0.39, 0.29) is 34.2 Å². The second-order valence-corrected chi connectivity index (χ2v) is 9.14. The summed E-state index contributed by atoms with van der Waals surface area (Å²) in [6, 6.07) is 4.10. The third-order valence-electron chi connectivity index (χ3n) is 5.19. The molecule has 2 aromatic rings. The first-order chi connectivity index (χ1) is 14.4. The van der Waals surface area contributed by atoms with Crippen molar-refractivity contribution in [2.75, 3.05) is 11.9 Å². The van der Waals surface area contributed by atoms with Crippen molar-refractivity contribution < 1.29 is 27.4 Å². The second kappa shape index (κ2) is 7.81. The fourth-order valence-electron chi connectivity index (χ4n) is 3.08. The molecule has 0 aliphatic carbocycles. The Morgan fingerprint density at radius 1 is 1.52 bits per heavy atom. The molecule has 0 saturated carbocycles. The molecule has 0 bridgehead atoms. The van der Waals surface area contributed by atoms with E-state index in [2.05, 4.69) is 16.6 Å². The van der Waals surface area contributed by atoms with E-state index in [1.54, 1.807) is 13.0 Å². The number of hydrogen-bond acceptors (Lipinski definition) is 6. The number of sulfonamides is 1. The zero-order chi connectivity index (χ0) is 23.1. The molecular weight excluding hydrogens is 427 g/mol. The van der Waals surface area contributed by atoms with Gasteiger partial charge in [-0.2, -0.15) is 5.26 Å². The zero-order valence-electron chi connectivity index (χ0n) is 17.1. The summed E-state index contributed by atoms with van der Waals surface area (Å²) in [5.41, 5.74) is -1.47. The highest BCUT2D eigenvalue weighted by Gasteiger charge is 2.42. The summed E-state index contributed by atoms with van der Waals surface area (Å²) in [4.78, 5) is 12.6. The second-order valence-electron chi connectivity index (χ2n) is 7.46. The molecule has 2 heterocycles. The number of nitrogens with one attached hydrogen (secondary N) is 2. The zero-order valence-corrected chi connectivity index (χ0v) is 17.9. The summed E-state index contributed by atoms with van der Waals surface area (Å²) >= 11 is 0. The molecule has 3 N–H and O–H groups in total. The van der Waals surface area contributed by atoms with Gasteiger partial charge in [0.05, 0.1) is 11.6 Å². The third kappa shape index (κ3) is 4.05. The number of carbonyl (C=O) groups is 1. The van der Waals surface area contributed by atoms with Crippen LogP contribution in [0.15, 0.2) is 41.4 Å². The number of nitriles is 1. The van der Waals surface area contributed by atoms with Gasteiger partial charge in [-0.05, 0) is 37.6 Å². The number of amides is 1. The number of halogens is 1. The number of rotatable bonds is 4. The van der Waals surface area contributed by atoms with Crippen LogP contribution in [0, 0.1) is 17.1 Å². The van der Waals surface area contributed by atoms with Crippen molar-refractivity contribution in [1.82, 2.24) is 9.29 Å². The number of aryl methyl sites for hydroxylation is 1. The number of aromatic nitrogens is 1. The van der Waals surface area contributed by atoms with Gasteiger partial charge in [0.1, 0.15) is 29.0 Å². The van der Waals surface area contributed by atoms with Crippen molar-refractivity contribution in [3.63, 3.8) is 0 Å². The van der Waals surface area contributed by atoms with Crippen LogP contribution in [-0.4, -0.2) is 42.2 Å². The van der Waals surface area contributed by atoms with Crippen LogP contribution in [0.2, 0.25) is 0 Å². The van der Waals surface area contributed by atoms with E-state index < -0.39 is 33.4 Å². The van der Waals surface area contributed by atoms with E-state index in [1.165, 1.54) is 30.8 Å². The maximum absolute atomic E-state index is 13.5. The van der Waals surface area contributed by atoms with Crippen molar-refractivity contribution >= 4 is 21.6 Å². The van der Waals surface area contributed by atoms with Gasteiger partial charge in [-0.1, -0.05) is 6.58 Å². The first kappa shape index (κ1) is 22.5. The number of carbonyl (C=O) groups excluding carboxylic acids is 1. The number of anilines is 1. The molecule has 31 heavy (non-hydrogen) atoms. The Labute approximate surface area is 178 Å². The molecule has 1 aliphatic heterocycles. The SMILES string of the molecule is C=C(C)C(C)(O)[C@H]1COc2c(cn(C)c2C(=O)Nc2ccc(F)c(C#N)c2)S(=O)(=O)N1. The summed E-state index contributed by atoms with van der Waals surface area (Å²) in [6.07, 6.45) is 1.22. The van der Waals surface area contributed by atoms with Gasteiger partial charge in [0, 0.05) is 18.9 Å². The molecule has 11 heteroatoms. The number of fused-ring (bicyclic) bond motifs is 1. The number of aliphatic hydroxyl groups is 1. The molecule has 0 spiro atoms. The molecular formula is C20H21FN4O5S. The Bertz CT molecular complexity index is 1230. The lowest BCUT2D eigenvalue weighted by Crippen LogP contribution is -2.53. The number of ether oxygens (including phenoxy) is 1. The van der Waals surface area contributed by atoms with Crippen molar-refractivity contribution in [2.45, 2.75) is 30.4 Å². The highest BCUT2D eigenvalue weighted by molar-refractivity contribution is 7.89. The molecule has 164 valence electrons. The Balaban J connectivity index is 1.99. The van der Waals surface area contributed by atoms with Crippen LogP contribution in [0.5, 0.6) is 5.75 Å². The average molecular weight is 448 g/mol. The van der Waals surface area contributed by atoms with E-state index in [1.807, 2.05) is 0 Å². The lowest BCUT2D eigenvalue weighted by atomic mass is 9.91. The molecule has 0 fully saturated rings. The largest absolute Gasteiger partial charge is 0.488 e. The minimum absolute atomic E-state index is 0.0983. The van der Waals surface area contributed by atoms with Crippen molar-refractivity contribution in [2.24, 2.45) is 7.05 Å². The molecule has 0 saturated heterocycles. The molecule has 2 atom stereocenters. The van der Waals surface area contributed by atoms with Crippen LogP contribution >= 0.6 is 0 Å². The van der Waals surface area contributed by atoms with E-state index in [0.29, 0.717) is 5.57 Å². The molecule has 3 rings (SSSR count). The normalized spacial score (nSPS) is 19.2. The average Bonchev–Trinajstić information content (AvgIpc) is 2.96. The van der Waals surface area contributed by atoms with Crippen LogP contribution in [0.25, 0.3) is 0 Å². The van der Waals surface area contributed by atoms with Crippen molar-refractivity contribution in [1.29, 1.82) is 5.26 Å². The van der Waals surface area contributed by atoms with Crippen LogP contribution in [0.1, 0.15) is 29.9 Å². The predicted molar refractivity (Wildman–Crippen MR) is 110 cm³/mol. The van der Waals surface area contributed by atoms with Gasteiger partial charge >= 0.3 is 0 Å². The highest BCUT2D eigenvalue weighted by Crippen LogP contribution is 2.35. The van der Waals surface area contributed by atoms with Gasteiger partial charge in [0.2, 0.25) is 10.0 Å². The first-order valence-electron chi connectivity index (χ1n) is 9.12. The van der Waals surface area contributed by atoms with Crippen LogP contribution < -0.4 is 14.8 Å². The van der Waals surface area contributed by atoms with E-state index in [4.69, 9.17) is 10.00 Å². The summed E-state index contributed by atoms with van der Waals surface area (Å²) in [6.45, 7) is 6.40. The van der Waals surface area contributed by atoms with Gasteiger partial charge in [-0.15, -0.1) is 0 Å².